The number of benzene rings is 1. The smallest absolute Gasteiger partial charge is 0.338 e. The molecule has 8 heteroatoms. The first kappa shape index (κ1) is 20.8. The van der Waals surface area contributed by atoms with Crippen molar-refractivity contribution in [2.75, 3.05) is 32.8 Å². The fourth-order valence-electron chi connectivity index (χ4n) is 2.93. The molecule has 2 rings (SSSR count). The standard InChI is InChI=1S/C18H28N2O5S/c1-3-24-18(21)15-6-5-14(2)17(13-15)26(22,23)20-10-7-16(8-11-20)25-12-4-9-19/h5-6,13,16H,3-4,7-12,19H2,1-2H3. The number of aryl methyl sites for hydroxylation is 1. The molecule has 0 radical (unpaired) electrons. The Bertz CT molecular complexity index is 712. The highest BCUT2D eigenvalue weighted by Gasteiger charge is 2.31. The van der Waals surface area contributed by atoms with Crippen molar-refractivity contribution in [1.82, 2.24) is 4.31 Å². The van der Waals surface area contributed by atoms with Crippen LogP contribution in [0.2, 0.25) is 0 Å². The Balaban J connectivity index is 2.10. The second kappa shape index (κ2) is 9.45. The maximum absolute atomic E-state index is 13.0. The molecule has 1 saturated heterocycles. The molecule has 0 unspecified atom stereocenters. The van der Waals surface area contributed by atoms with E-state index in [-0.39, 0.29) is 23.2 Å². The van der Waals surface area contributed by atoms with Gasteiger partial charge in [-0.2, -0.15) is 4.31 Å². The van der Waals surface area contributed by atoms with E-state index in [0.29, 0.717) is 44.6 Å². The Morgan fingerprint density at radius 1 is 1.31 bits per heavy atom. The minimum Gasteiger partial charge on any atom is -0.462 e. The number of rotatable bonds is 8. The molecule has 0 amide bonds. The summed E-state index contributed by atoms with van der Waals surface area (Å²) in [6, 6.07) is 4.64. The molecule has 7 nitrogen and oxygen atoms in total. The number of carbonyl (C=O) groups is 1. The van der Waals surface area contributed by atoms with E-state index in [1.165, 1.54) is 10.4 Å². The summed E-state index contributed by atoms with van der Waals surface area (Å²) >= 11 is 0. The largest absolute Gasteiger partial charge is 0.462 e. The van der Waals surface area contributed by atoms with E-state index in [1.54, 1.807) is 26.0 Å². The van der Waals surface area contributed by atoms with E-state index in [2.05, 4.69) is 0 Å². The molecule has 146 valence electrons. The summed E-state index contributed by atoms with van der Waals surface area (Å²) in [5, 5.41) is 0. The van der Waals surface area contributed by atoms with Crippen LogP contribution in [0, 0.1) is 6.92 Å². The molecule has 0 aliphatic carbocycles. The van der Waals surface area contributed by atoms with Gasteiger partial charge in [0.2, 0.25) is 10.0 Å². The quantitative estimate of drug-likeness (QED) is 0.541. The Kier molecular flexibility index (Phi) is 7.57. The van der Waals surface area contributed by atoms with Gasteiger partial charge in [0.15, 0.2) is 0 Å². The number of hydrogen-bond acceptors (Lipinski definition) is 6. The van der Waals surface area contributed by atoms with Gasteiger partial charge in [0.05, 0.1) is 23.2 Å². The molecule has 1 aliphatic rings. The van der Waals surface area contributed by atoms with Crippen molar-refractivity contribution in [2.45, 2.75) is 44.1 Å². The summed E-state index contributed by atoms with van der Waals surface area (Å²) in [6.07, 6.45) is 2.18. The van der Waals surface area contributed by atoms with Crippen molar-refractivity contribution >= 4 is 16.0 Å². The third kappa shape index (κ3) is 5.03. The van der Waals surface area contributed by atoms with Gasteiger partial charge in [0.25, 0.3) is 0 Å². The van der Waals surface area contributed by atoms with Gasteiger partial charge in [-0.25, -0.2) is 13.2 Å². The predicted molar refractivity (Wildman–Crippen MR) is 98.5 cm³/mol. The van der Waals surface area contributed by atoms with Gasteiger partial charge in [0.1, 0.15) is 0 Å². The van der Waals surface area contributed by atoms with E-state index >= 15 is 0 Å². The second-order valence-corrected chi connectivity index (χ2v) is 8.22. The van der Waals surface area contributed by atoms with Crippen LogP contribution in [0.15, 0.2) is 23.1 Å². The molecular weight excluding hydrogens is 356 g/mol. The summed E-state index contributed by atoms with van der Waals surface area (Å²) in [6.45, 7) is 5.68. The predicted octanol–water partition coefficient (Wildman–Crippen LogP) is 1.69. The summed E-state index contributed by atoms with van der Waals surface area (Å²) in [5.41, 5.74) is 6.31. The highest BCUT2D eigenvalue weighted by molar-refractivity contribution is 7.89. The number of nitrogens with zero attached hydrogens (tertiary/aromatic N) is 1. The highest BCUT2D eigenvalue weighted by atomic mass is 32.2. The van der Waals surface area contributed by atoms with Crippen molar-refractivity contribution in [1.29, 1.82) is 0 Å². The minimum atomic E-state index is -3.66. The lowest BCUT2D eigenvalue weighted by molar-refractivity contribution is 0.0209. The summed E-state index contributed by atoms with van der Waals surface area (Å²) in [7, 11) is -3.66. The topological polar surface area (TPSA) is 98.9 Å². The van der Waals surface area contributed by atoms with Crippen molar-refractivity contribution in [2.24, 2.45) is 5.73 Å². The maximum atomic E-state index is 13.0. The van der Waals surface area contributed by atoms with Gasteiger partial charge < -0.3 is 15.2 Å². The molecule has 2 N–H and O–H groups in total. The van der Waals surface area contributed by atoms with Crippen LogP contribution < -0.4 is 5.73 Å². The monoisotopic (exact) mass is 384 g/mol. The molecule has 1 heterocycles. The maximum Gasteiger partial charge on any atom is 0.338 e. The van der Waals surface area contributed by atoms with Crippen LogP contribution in [0.25, 0.3) is 0 Å². The fraction of sp³-hybridized carbons (Fsp3) is 0.611. The lowest BCUT2D eigenvalue weighted by Crippen LogP contribution is -2.41. The van der Waals surface area contributed by atoms with Crippen LogP contribution in [0.5, 0.6) is 0 Å². The number of ether oxygens (including phenoxy) is 2. The van der Waals surface area contributed by atoms with Crippen LogP contribution in [-0.4, -0.2) is 57.6 Å². The van der Waals surface area contributed by atoms with Gasteiger partial charge in [-0.15, -0.1) is 0 Å². The molecule has 0 aromatic heterocycles. The first-order valence-corrected chi connectivity index (χ1v) is 10.4. The Morgan fingerprint density at radius 3 is 2.62 bits per heavy atom. The van der Waals surface area contributed by atoms with Crippen molar-refractivity contribution < 1.29 is 22.7 Å². The molecular formula is C18H28N2O5S. The average molecular weight is 384 g/mol. The van der Waals surface area contributed by atoms with Crippen LogP contribution in [0.4, 0.5) is 0 Å². The number of carbonyl (C=O) groups excluding carboxylic acids is 1. The zero-order valence-corrected chi connectivity index (χ0v) is 16.3. The van der Waals surface area contributed by atoms with Crippen LogP contribution in [0.1, 0.15) is 42.1 Å². The van der Waals surface area contributed by atoms with E-state index < -0.39 is 16.0 Å². The van der Waals surface area contributed by atoms with Crippen LogP contribution in [-0.2, 0) is 19.5 Å². The van der Waals surface area contributed by atoms with E-state index in [9.17, 15) is 13.2 Å². The Labute approximate surface area is 155 Å². The van der Waals surface area contributed by atoms with Gasteiger partial charge >= 0.3 is 5.97 Å². The first-order valence-electron chi connectivity index (χ1n) is 8.99. The number of esters is 1. The molecule has 1 aromatic carbocycles. The van der Waals surface area contributed by atoms with E-state index in [0.717, 1.165) is 6.42 Å². The van der Waals surface area contributed by atoms with Crippen LogP contribution >= 0.6 is 0 Å². The summed E-state index contributed by atoms with van der Waals surface area (Å²) < 4.78 is 38.2. The highest BCUT2D eigenvalue weighted by Crippen LogP contribution is 2.25. The SMILES string of the molecule is CCOC(=O)c1ccc(C)c(S(=O)(=O)N2CCC(OCCCN)CC2)c1. The lowest BCUT2D eigenvalue weighted by Gasteiger charge is -2.31. The van der Waals surface area contributed by atoms with E-state index in [1.807, 2.05) is 0 Å². The molecule has 1 aliphatic heterocycles. The Hall–Kier alpha value is -1.48. The van der Waals surface area contributed by atoms with E-state index in [4.69, 9.17) is 15.2 Å². The first-order chi connectivity index (χ1) is 12.4. The van der Waals surface area contributed by atoms with Gasteiger partial charge in [0, 0.05) is 19.7 Å². The summed E-state index contributed by atoms with van der Waals surface area (Å²) in [4.78, 5) is 12.1. The average Bonchev–Trinajstić information content (AvgIpc) is 2.63. The molecule has 26 heavy (non-hydrogen) atoms. The fourth-order valence-corrected chi connectivity index (χ4v) is 4.65. The van der Waals surface area contributed by atoms with Crippen LogP contribution in [0.3, 0.4) is 0 Å². The number of nitrogens with two attached hydrogens (primary N) is 1. The lowest BCUT2D eigenvalue weighted by atomic mass is 10.1. The zero-order valence-electron chi connectivity index (χ0n) is 15.4. The zero-order chi connectivity index (χ0) is 19.2. The molecule has 0 bridgehead atoms. The molecule has 0 spiro atoms. The van der Waals surface area contributed by atoms with Crippen molar-refractivity contribution in [3.63, 3.8) is 0 Å². The number of hydrogen-bond donors (Lipinski definition) is 1. The molecule has 0 atom stereocenters. The molecule has 0 saturated carbocycles. The second-order valence-electron chi connectivity index (χ2n) is 6.32. The van der Waals surface area contributed by atoms with Crippen molar-refractivity contribution in [3.8, 4) is 0 Å². The normalized spacial score (nSPS) is 16.6. The number of sulfonamides is 1. The Morgan fingerprint density at radius 2 is 2.00 bits per heavy atom. The number of piperidine rings is 1. The molecule has 1 aromatic rings. The molecule has 1 fully saturated rings. The third-order valence-electron chi connectivity index (χ3n) is 4.42. The van der Waals surface area contributed by atoms with Crippen molar-refractivity contribution in [3.05, 3.63) is 29.3 Å². The van der Waals surface area contributed by atoms with Gasteiger partial charge in [-0.3, -0.25) is 0 Å². The van der Waals surface area contributed by atoms with Gasteiger partial charge in [-0.1, -0.05) is 6.07 Å². The summed E-state index contributed by atoms with van der Waals surface area (Å²) in [5.74, 6) is -0.518. The minimum absolute atomic E-state index is 0.0694. The third-order valence-corrected chi connectivity index (χ3v) is 6.46. The van der Waals surface area contributed by atoms with Gasteiger partial charge in [-0.05, 0) is 57.4 Å².